The van der Waals surface area contributed by atoms with E-state index in [9.17, 15) is 35.0 Å². The first kappa shape index (κ1) is 24.8. The first-order valence-corrected chi connectivity index (χ1v) is 9.96. The Morgan fingerprint density at radius 2 is 1.81 bits per heavy atom. The lowest BCUT2D eigenvalue weighted by Gasteiger charge is -2.35. The third-order valence-corrected chi connectivity index (χ3v) is 5.33. The predicted molar refractivity (Wildman–Crippen MR) is 114 cm³/mol. The van der Waals surface area contributed by atoms with Crippen molar-refractivity contribution in [2.75, 3.05) is 6.54 Å². The highest BCUT2D eigenvalue weighted by molar-refractivity contribution is 5.79. The largest absolute Gasteiger partial charge is 0.508 e. The second-order valence-corrected chi connectivity index (χ2v) is 7.71. The van der Waals surface area contributed by atoms with Gasteiger partial charge in [-0.1, -0.05) is 24.3 Å². The third-order valence-electron chi connectivity index (χ3n) is 5.33. The number of carbonyl (C=O) groups is 2. The van der Waals surface area contributed by atoms with Crippen molar-refractivity contribution < 1.29 is 34.9 Å². The smallest absolute Gasteiger partial charge is 0.310 e. The molecule has 0 aromatic heterocycles. The molecule has 3 atom stereocenters. The Hall–Kier alpha value is -3.50. The van der Waals surface area contributed by atoms with Gasteiger partial charge >= 0.3 is 11.9 Å². The van der Waals surface area contributed by atoms with E-state index < -0.39 is 34.8 Å². The van der Waals surface area contributed by atoms with Gasteiger partial charge in [0.1, 0.15) is 17.3 Å². The average molecular weight is 446 g/mol. The van der Waals surface area contributed by atoms with Crippen LogP contribution in [0.25, 0.3) is 0 Å². The minimum atomic E-state index is -2.09. The average Bonchev–Trinajstić information content (AvgIpc) is 2.74. The van der Waals surface area contributed by atoms with Crippen molar-refractivity contribution in [2.24, 2.45) is 5.92 Å². The van der Waals surface area contributed by atoms with Crippen molar-refractivity contribution in [3.63, 3.8) is 0 Å². The number of aromatic hydroxyl groups is 1. The SMILES string of the molecule is CC(CCc1ccc([N+](=O)[O-])cc1)NCC(O)(c1cccc(O)c1)C(CC(=O)O)C(=O)O. The van der Waals surface area contributed by atoms with Crippen LogP contribution in [-0.2, 0) is 21.6 Å². The van der Waals surface area contributed by atoms with Gasteiger partial charge in [-0.25, -0.2) is 0 Å². The van der Waals surface area contributed by atoms with E-state index in [1.807, 2.05) is 6.92 Å². The fraction of sp³-hybridized carbons (Fsp3) is 0.364. The van der Waals surface area contributed by atoms with Crippen LogP contribution in [0, 0.1) is 16.0 Å². The Kier molecular flexibility index (Phi) is 8.27. The van der Waals surface area contributed by atoms with Gasteiger partial charge in [-0.2, -0.15) is 0 Å². The molecule has 0 bridgehead atoms. The molecular weight excluding hydrogens is 420 g/mol. The van der Waals surface area contributed by atoms with E-state index in [0.717, 1.165) is 5.56 Å². The zero-order chi connectivity index (χ0) is 23.9. The number of nitro benzene ring substituents is 1. The van der Waals surface area contributed by atoms with E-state index >= 15 is 0 Å². The number of nitro groups is 1. The number of hydrogen-bond donors (Lipinski definition) is 5. The minimum Gasteiger partial charge on any atom is -0.508 e. The Morgan fingerprint density at radius 1 is 1.16 bits per heavy atom. The Bertz CT molecular complexity index is 963. The van der Waals surface area contributed by atoms with E-state index in [1.54, 1.807) is 12.1 Å². The summed E-state index contributed by atoms with van der Waals surface area (Å²) >= 11 is 0. The van der Waals surface area contributed by atoms with Gasteiger partial charge in [-0.15, -0.1) is 0 Å². The summed E-state index contributed by atoms with van der Waals surface area (Å²) in [5.74, 6) is -4.69. The second kappa shape index (κ2) is 10.7. The molecule has 0 spiro atoms. The summed E-state index contributed by atoms with van der Waals surface area (Å²) in [5.41, 5.74) is -1.14. The second-order valence-electron chi connectivity index (χ2n) is 7.71. The van der Waals surface area contributed by atoms with Crippen molar-refractivity contribution in [2.45, 2.75) is 37.8 Å². The lowest BCUT2D eigenvalue weighted by molar-refractivity contribution is -0.384. The van der Waals surface area contributed by atoms with Gasteiger partial charge in [0.15, 0.2) is 0 Å². The molecule has 2 aromatic rings. The number of nitrogens with zero attached hydrogens (tertiary/aromatic N) is 1. The summed E-state index contributed by atoms with van der Waals surface area (Å²) in [7, 11) is 0. The van der Waals surface area contributed by atoms with Crippen molar-refractivity contribution in [1.29, 1.82) is 0 Å². The van der Waals surface area contributed by atoms with Gasteiger partial charge in [0.05, 0.1) is 11.3 Å². The van der Waals surface area contributed by atoms with Crippen LogP contribution in [0.1, 0.15) is 30.9 Å². The Labute approximate surface area is 184 Å². The van der Waals surface area contributed by atoms with Crippen LogP contribution in [0.15, 0.2) is 48.5 Å². The molecule has 3 unspecified atom stereocenters. The quantitative estimate of drug-likeness (QED) is 0.242. The minimum absolute atomic E-state index is 0.00533. The number of aliphatic hydroxyl groups is 1. The van der Waals surface area contributed by atoms with Gasteiger partial charge in [0.25, 0.3) is 5.69 Å². The van der Waals surface area contributed by atoms with Crippen molar-refractivity contribution in [1.82, 2.24) is 5.32 Å². The van der Waals surface area contributed by atoms with Crippen molar-refractivity contribution in [3.05, 3.63) is 69.8 Å². The lowest BCUT2D eigenvalue weighted by atomic mass is 9.79. The van der Waals surface area contributed by atoms with Gasteiger partial charge in [-0.05, 0) is 43.0 Å². The maximum atomic E-state index is 11.8. The monoisotopic (exact) mass is 446 g/mol. The molecule has 0 saturated heterocycles. The highest BCUT2D eigenvalue weighted by Gasteiger charge is 2.44. The number of aliphatic carboxylic acids is 2. The van der Waals surface area contributed by atoms with Crippen LogP contribution >= 0.6 is 0 Å². The first-order chi connectivity index (χ1) is 15.0. The molecule has 0 saturated carbocycles. The van der Waals surface area contributed by atoms with Crippen LogP contribution in [0.4, 0.5) is 5.69 Å². The van der Waals surface area contributed by atoms with Crippen LogP contribution in [0.2, 0.25) is 0 Å². The summed E-state index contributed by atoms with van der Waals surface area (Å²) in [5, 5.41) is 53.7. The molecule has 172 valence electrons. The molecule has 0 heterocycles. The topological polar surface area (TPSA) is 170 Å². The number of hydrogen-bond acceptors (Lipinski definition) is 7. The van der Waals surface area contributed by atoms with Crippen LogP contribution in [0.5, 0.6) is 5.75 Å². The van der Waals surface area contributed by atoms with Gasteiger partial charge in [0, 0.05) is 24.7 Å². The van der Waals surface area contributed by atoms with Gasteiger partial charge < -0.3 is 25.7 Å². The number of benzene rings is 2. The molecule has 2 aromatic carbocycles. The fourth-order valence-corrected chi connectivity index (χ4v) is 3.44. The number of non-ortho nitro benzene ring substituents is 1. The Morgan fingerprint density at radius 3 is 2.34 bits per heavy atom. The molecule has 0 aliphatic heterocycles. The Balaban J connectivity index is 2.14. The summed E-state index contributed by atoms with van der Waals surface area (Å²) < 4.78 is 0. The number of carboxylic acids is 2. The zero-order valence-corrected chi connectivity index (χ0v) is 17.5. The van der Waals surface area contributed by atoms with Gasteiger partial charge in [-0.3, -0.25) is 19.7 Å². The molecule has 10 heteroatoms. The van der Waals surface area contributed by atoms with E-state index in [1.165, 1.54) is 36.4 Å². The van der Waals surface area contributed by atoms with E-state index in [4.69, 9.17) is 5.11 Å². The number of rotatable bonds is 12. The first-order valence-electron chi connectivity index (χ1n) is 9.96. The number of phenolic OH excluding ortho intramolecular Hbond substituents is 1. The van der Waals surface area contributed by atoms with Crippen molar-refractivity contribution in [3.8, 4) is 5.75 Å². The maximum Gasteiger partial charge on any atom is 0.310 e. The summed E-state index contributed by atoms with van der Waals surface area (Å²) in [6.45, 7) is 1.56. The molecule has 5 N–H and O–H groups in total. The molecule has 0 aliphatic rings. The number of phenols is 1. The molecule has 10 nitrogen and oxygen atoms in total. The van der Waals surface area contributed by atoms with E-state index in [2.05, 4.69) is 5.32 Å². The molecular formula is C22H26N2O8. The lowest BCUT2D eigenvalue weighted by Crippen LogP contribution is -2.50. The van der Waals surface area contributed by atoms with Crippen LogP contribution in [-0.4, -0.2) is 49.9 Å². The number of aryl methyl sites for hydroxylation is 1. The van der Waals surface area contributed by atoms with Gasteiger partial charge in [0.2, 0.25) is 0 Å². The van der Waals surface area contributed by atoms with E-state index in [-0.39, 0.29) is 29.6 Å². The molecule has 0 fully saturated rings. The van der Waals surface area contributed by atoms with E-state index in [0.29, 0.717) is 12.8 Å². The molecule has 0 radical (unpaired) electrons. The number of carboxylic acid groups (broad SMARTS) is 2. The third kappa shape index (κ3) is 6.50. The van der Waals surface area contributed by atoms with Crippen LogP contribution < -0.4 is 5.32 Å². The summed E-state index contributed by atoms with van der Waals surface area (Å²) in [6.07, 6.45) is 0.346. The fourth-order valence-electron chi connectivity index (χ4n) is 3.44. The predicted octanol–water partition coefficient (Wildman–Crippen LogP) is 2.27. The molecule has 0 aliphatic carbocycles. The molecule has 32 heavy (non-hydrogen) atoms. The van der Waals surface area contributed by atoms with Crippen molar-refractivity contribution >= 4 is 17.6 Å². The standard InChI is InChI=1S/C22H26N2O8/c1-14(5-6-15-7-9-17(10-8-15)24(31)32)23-13-22(30,16-3-2-4-18(25)11-16)19(21(28)29)12-20(26)27/h2-4,7-11,14,19,23,25,30H,5-6,12-13H2,1H3,(H,26,27)(H,28,29). The zero-order valence-electron chi connectivity index (χ0n) is 17.5. The van der Waals surface area contributed by atoms with Crippen LogP contribution in [0.3, 0.4) is 0 Å². The summed E-state index contributed by atoms with van der Waals surface area (Å²) in [4.78, 5) is 33.3. The highest BCUT2D eigenvalue weighted by Crippen LogP contribution is 2.34. The summed E-state index contributed by atoms with van der Waals surface area (Å²) in [6, 6.07) is 11.4. The molecule has 0 amide bonds. The highest BCUT2D eigenvalue weighted by atomic mass is 16.6. The molecule has 2 rings (SSSR count). The number of nitrogens with one attached hydrogen (secondary N) is 1. The maximum absolute atomic E-state index is 11.8. The normalized spacial score (nSPS) is 14.8.